The van der Waals surface area contributed by atoms with Crippen LogP contribution in [0.1, 0.15) is 13.8 Å². The molecule has 1 aliphatic heterocycles. The first-order valence-corrected chi connectivity index (χ1v) is 5.61. The summed E-state index contributed by atoms with van der Waals surface area (Å²) < 4.78 is 5.07. The van der Waals surface area contributed by atoms with Gasteiger partial charge in [-0.15, -0.1) is 0 Å². The first kappa shape index (κ1) is 13.8. The van der Waals surface area contributed by atoms with E-state index < -0.39 is 37.3 Å². The van der Waals surface area contributed by atoms with Crippen molar-refractivity contribution in [3.63, 3.8) is 0 Å². The van der Waals surface area contributed by atoms with Crippen molar-refractivity contribution in [1.82, 2.24) is 4.90 Å². The Hall–Kier alpha value is -0.240. The summed E-state index contributed by atoms with van der Waals surface area (Å²) in [6.45, 7) is 4.63. The highest BCUT2D eigenvalue weighted by Crippen LogP contribution is 2.23. The minimum atomic E-state index is -1.20. The van der Waals surface area contributed by atoms with Gasteiger partial charge in [-0.25, -0.2) is 0 Å². The number of hydrogen-bond acceptors (Lipinski definition) is 6. The summed E-state index contributed by atoms with van der Waals surface area (Å²) in [5.74, 6) is 0. The van der Waals surface area contributed by atoms with Gasteiger partial charge in [0.1, 0.15) is 18.3 Å². The third-order valence-electron chi connectivity index (χ3n) is 3.10. The van der Waals surface area contributed by atoms with E-state index in [0.29, 0.717) is 13.1 Å². The fourth-order valence-corrected chi connectivity index (χ4v) is 2.12. The van der Waals surface area contributed by atoms with Crippen molar-refractivity contribution < 1.29 is 25.2 Å². The van der Waals surface area contributed by atoms with Crippen LogP contribution in [-0.4, -0.2) is 75.7 Å². The fourth-order valence-electron chi connectivity index (χ4n) is 2.12. The van der Waals surface area contributed by atoms with E-state index in [1.807, 2.05) is 18.7 Å². The van der Waals surface area contributed by atoms with Crippen molar-refractivity contribution in [3.8, 4) is 0 Å². The lowest BCUT2D eigenvalue weighted by Gasteiger charge is -2.44. The Morgan fingerprint density at radius 2 is 1.62 bits per heavy atom. The maximum atomic E-state index is 9.90. The van der Waals surface area contributed by atoms with E-state index in [4.69, 9.17) is 9.84 Å². The second-order valence-electron chi connectivity index (χ2n) is 3.94. The largest absolute Gasteiger partial charge is 0.394 e. The number of rotatable bonds is 4. The monoisotopic (exact) mass is 235 g/mol. The summed E-state index contributed by atoms with van der Waals surface area (Å²) in [6, 6.07) is -0.659. The van der Waals surface area contributed by atoms with Gasteiger partial charge in [0.25, 0.3) is 0 Å². The van der Waals surface area contributed by atoms with Gasteiger partial charge in [0, 0.05) is 0 Å². The van der Waals surface area contributed by atoms with Crippen molar-refractivity contribution in [3.05, 3.63) is 0 Å². The average Bonchev–Trinajstić information content (AvgIpc) is 2.29. The van der Waals surface area contributed by atoms with Crippen LogP contribution in [0.15, 0.2) is 0 Å². The molecule has 0 aromatic carbocycles. The molecule has 6 heteroatoms. The molecule has 0 aromatic rings. The number of likely N-dealkylation sites (N-methyl/N-ethyl adjacent to an activating group) is 1. The van der Waals surface area contributed by atoms with Crippen molar-refractivity contribution in [2.24, 2.45) is 0 Å². The van der Waals surface area contributed by atoms with Gasteiger partial charge >= 0.3 is 0 Å². The van der Waals surface area contributed by atoms with Gasteiger partial charge in [-0.2, -0.15) is 0 Å². The molecule has 1 rings (SSSR count). The number of aliphatic hydroxyl groups is 4. The van der Waals surface area contributed by atoms with E-state index in [-0.39, 0.29) is 0 Å². The van der Waals surface area contributed by atoms with Crippen molar-refractivity contribution in [2.45, 2.75) is 44.5 Å². The topological polar surface area (TPSA) is 93.4 Å². The molecule has 6 nitrogen and oxygen atoms in total. The fraction of sp³-hybridized carbons (Fsp3) is 1.00. The molecule has 1 aliphatic rings. The van der Waals surface area contributed by atoms with Crippen LogP contribution in [0.2, 0.25) is 0 Å². The molecule has 0 amide bonds. The highest BCUT2D eigenvalue weighted by molar-refractivity contribution is 4.93. The zero-order chi connectivity index (χ0) is 12.3. The lowest BCUT2D eigenvalue weighted by molar-refractivity contribution is -0.271. The molecular weight excluding hydrogens is 214 g/mol. The highest BCUT2D eigenvalue weighted by atomic mass is 16.6. The molecule has 4 N–H and O–H groups in total. The molecule has 5 atom stereocenters. The lowest BCUT2D eigenvalue weighted by Crippen LogP contribution is -2.64. The van der Waals surface area contributed by atoms with Crippen LogP contribution in [0.3, 0.4) is 0 Å². The van der Waals surface area contributed by atoms with Crippen LogP contribution in [0, 0.1) is 0 Å². The van der Waals surface area contributed by atoms with Gasteiger partial charge in [0.05, 0.1) is 12.6 Å². The molecule has 1 fully saturated rings. The third kappa shape index (κ3) is 2.53. The van der Waals surface area contributed by atoms with Crippen LogP contribution >= 0.6 is 0 Å². The van der Waals surface area contributed by atoms with Crippen LogP contribution < -0.4 is 0 Å². The first-order chi connectivity index (χ1) is 7.56. The number of hydrogen-bond donors (Lipinski definition) is 4. The Morgan fingerprint density at radius 1 is 1.06 bits per heavy atom. The summed E-state index contributed by atoms with van der Waals surface area (Å²) in [7, 11) is 0. The van der Waals surface area contributed by atoms with Gasteiger partial charge < -0.3 is 25.2 Å². The van der Waals surface area contributed by atoms with E-state index in [1.165, 1.54) is 0 Å². The lowest BCUT2D eigenvalue weighted by atomic mass is 9.96. The molecule has 0 aliphatic carbocycles. The molecule has 1 saturated heterocycles. The van der Waals surface area contributed by atoms with E-state index in [2.05, 4.69) is 0 Å². The second kappa shape index (κ2) is 5.90. The zero-order valence-corrected chi connectivity index (χ0v) is 9.65. The summed E-state index contributed by atoms with van der Waals surface area (Å²) in [6.07, 6.45) is -4.44. The molecule has 1 heterocycles. The van der Waals surface area contributed by atoms with Gasteiger partial charge in [0.2, 0.25) is 0 Å². The smallest absolute Gasteiger partial charge is 0.173 e. The summed E-state index contributed by atoms with van der Waals surface area (Å²) in [4.78, 5) is 1.81. The van der Waals surface area contributed by atoms with Crippen molar-refractivity contribution in [1.29, 1.82) is 0 Å². The highest BCUT2D eigenvalue weighted by Gasteiger charge is 2.45. The maximum Gasteiger partial charge on any atom is 0.173 e. The average molecular weight is 235 g/mol. The Morgan fingerprint density at radius 3 is 2.06 bits per heavy atom. The minimum Gasteiger partial charge on any atom is -0.394 e. The van der Waals surface area contributed by atoms with Gasteiger partial charge in [-0.1, -0.05) is 13.8 Å². The zero-order valence-electron chi connectivity index (χ0n) is 9.65. The van der Waals surface area contributed by atoms with Crippen LogP contribution in [0.5, 0.6) is 0 Å². The van der Waals surface area contributed by atoms with Gasteiger partial charge in [-0.3, -0.25) is 4.90 Å². The summed E-state index contributed by atoms with van der Waals surface area (Å²) in [5, 5.41) is 38.3. The predicted molar refractivity (Wildman–Crippen MR) is 56.7 cm³/mol. The molecule has 0 radical (unpaired) electrons. The molecule has 96 valence electrons. The molecular formula is C10H21NO5. The van der Waals surface area contributed by atoms with Gasteiger partial charge in [-0.05, 0) is 13.1 Å². The van der Waals surface area contributed by atoms with Crippen LogP contribution in [0.4, 0.5) is 0 Å². The maximum absolute atomic E-state index is 9.90. The van der Waals surface area contributed by atoms with Crippen LogP contribution in [-0.2, 0) is 4.74 Å². The number of aliphatic hydroxyl groups excluding tert-OH is 4. The predicted octanol–water partition coefficient (Wildman–Crippen LogP) is -1.87. The normalized spacial score (nSPS) is 40.3. The van der Waals surface area contributed by atoms with E-state index in [1.54, 1.807) is 0 Å². The molecule has 0 unspecified atom stereocenters. The standard InChI is InChI=1S/C10H21NO5/c1-3-11(4-2)7-9(14)8(13)6(5-12)16-10(7)15/h6-10,12-15H,3-5H2,1-2H3/t6-,7+,8+,9+,10-/m1/s1. The van der Waals surface area contributed by atoms with Crippen molar-refractivity contribution in [2.75, 3.05) is 19.7 Å². The minimum absolute atomic E-state index is 0.430. The molecule has 0 bridgehead atoms. The Bertz CT molecular complexity index is 211. The first-order valence-electron chi connectivity index (χ1n) is 5.61. The molecule has 16 heavy (non-hydrogen) atoms. The van der Waals surface area contributed by atoms with E-state index >= 15 is 0 Å². The summed E-state index contributed by atoms with van der Waals surface area (Å²) >= 11 is 0. The second-order valence-corrected chi connectivity index (χ2v) is 3.94. The SMILES string of the molecule is CCN(CC)[C@H]1[C@H](O)[C@@H](O)[C@@H](CO)O[C@H]1O. The number of ether oxygens (including phenoxy) is 1. The van der Waals surface area contributed by atoms with Gasteiger partial charge in [0.15, 0.2) is 6.29 Å². The Balaban J connectivity index is 2.78. The molecule has 0 aromatic heterocycles. The third-order valence-corrected chi connectivity index (χ3v) is 3.10. The van der Waals surface area contributed by atoms with E-state index in [9.17, 15) is 15.3 Å². The van der Waals surface area contributed by atoms with Crippen LogP contribution in [0.25, 0.3) is 0 Å². The van der Waals surface area contributed by atoms with E-state index in [0.717, 1.165) is 0 Å². The summed E-state index contributed by atoms with van der Waals surface area (Å²) in [5.41, 5.74) is 0. The quantitative estimate of drug-likeness (QED) is 0.456. The molecule has 0 saturated carbocycles. The Labute approximate surface area is 95.1 Å². The molecule has 0 spiro atoms. The van der Waals surface area contributed by atoms with Crippen molar-refractivity contribution >= 4 is 0 Å². The Kier molecular flexibility index (Phi) is 5.10. The number of nitrogens with zero attached hydrogens (tertiary/aromatic N) is 1.